The average Bonchev–Trinajstić information content (AvgIpc) is 2.91. The summed E-state index contributed by atoms with van der Waals surface area (Å²) in [4.78, 5) is 37.8. The van der Waals surface area contributed by atoms with Crippen LogP contribution in [0.4, 0.5) is 4.79 Å². The van der Waals surface area contributed by atoms with Crippen molar-refractivity contribution in [2.75, 3.05) is 13.1 Å². The Morgan fingerprint density at radius 3 is 2.35 bits per heavy atom. The fraction of sp³-hybridized carbons (Fsp3) is 0.150. The van der Waals surface area contributed by atoms with Crippen molar-refractivity contribution in [1.82, 2.24) is 10.2 Å². The van der Waals surface area contributed by atoms with E-state index < -0.39 is 11.1 Å². The maximum Gasteiger partial charge on any atom is 0.294 e. The number of benzene rings is 2. The fourth-order valence-electron chi connectivity index (χ4n) is 2.53. The van der Waals surface area contributed by atoms with E-state index in [9.17, 15) is 14.4 Å². The maximum absolute atomic E-state index is 12.4. The Morgan fingerprint density at radius 2 is 1.65 bits per heavy atom. The van der Waals surface area contributed by atoms with Gasteiger partial charge in [-0.05, 0) is 35.4 Å². The first-order chi connectivity index (χ1) is 12.6. The van der Waals surface area contributed by atoms with E-state index in [4.69, 9.17) is 0 Å². The molecule has 6 heteroatoms. The smallest absolute Gasteiger partial charge is 0.294 e. The van der Waals surface area contributed by atoms with Gasteiger partial charge in [0.25, 0.3) is 11.1 Å². The third kappa shape index (κ3) is 4.61. The highest BCUT2D eigenvalue weighted by molar-refractivity contribution is 8.18. The van der Waals surface area contributed by atoms with Crippen LogP contribution in [0, 0.1) is 0 Å². The van der Waals surface area contributed by atoms with Gasteiger partial charge in [-0.1, -0.05) is 60.7 Å². The van der Waals surface area contributed by atoms with Gasteiger partial charge in [0.05, 0.1) is 4.91 Å². The zero-order valence-corrected chi connectivity index (χ0v) is 14.9. The van der Waals surface area contributed by atoms with Gasteiger partial charge in [-0.25, -0.2) is 0 Å². The second kappa shape index (κ2) is 8.49. The lowest BCUT2D eigenvalue weighted by Crippen LogP contribution is -2.40. The van der Waals surface area contributed by atoms with Crippen LogP contribution in [0.1, 0.15) is 11.1 Å². The molecule has 5 nitrogen and oxygen atoms in total. The number of carbonyl (C=O) groups excluding carboxylic acids is 3. The van der Waals surface area contributed by atoms with Crippen LogP contribution in [-0.2, 0) is 16.0 Å². The second-order valence-electron chi connectivity index (χ2n) is 5.76. The van der Waals surface area contributed by atoms with Crippen LogP contribution >= 0.6 is 11.8 Å². The van der Waals surface area contributed by atoms with Gasteiger partial charge in [0.15, 0.2) is 0 Å². The molecule has 0 radical (unpaired) electrons. The topological polar surface area (TPSA) is 66.5 Å². The molecule has 0 spiro atoms. The number of amides is 3. The first kappa shape index (κ1) is 17.9. The third-order valence-corrected chi connectivity index (χ3v) is 4.76. The normalized spacial score (nSPS) is 15.5. The van der Waals surface area contributed by atoms with E-state index in [0.717, 1.165) is 27.8 Å². The summed E-state index contributed by atoms with van der Waals surface area (Å²) < 4.78 is 0. The standard InChI is InChI=1S/C20H18N2O3S/c23-18(21-12-11-15-7-3-1-4-8-15)14-22-19(24)17(26-20(22)25)13-16-9-5-2-6-10-16/h1-10,13H,11-12,14H2,(H,21,23)/b17-13+. The monoisotopic (exact) mass is 366 g/mol. The van der Waals surface area contributed by atoms with Gasteiger partial charge in [-0.3, -0.25) is 19.3 Å². The Morgan fingerprint density at radius 1 is 1.00 bits per heavy atom. The van der Waals surface area contributed by atoms with Crippen molar-refractivity contribution in [2.24, 2.45) is 0 Å². The second-order valence-corrected chi connectivity index (χ2v) is 6.76. The molecule has 26 heavy (non-hydrogen) atoms. The van der Waals surface area contributed by atoms with Gasteiger partial charge in [0.2, 0.25) is 5.91 Å². The Bertz CT molecular complexity index is 835. The van der Waals surface area contributed by atoms with Gasteiger partial charge in [0.1, 0.15) is 6.54 Å². The van der Waals surface area contributed by atoms with E-state index in [1.807, 2.05) is 60.7 Å². The predicted molar refractivity (Wildman–Crippen MR) is 102 cm³/mol. The summed E-state index contributed by atoms with van der Waals surface area (Å²) in [5, 5.41) is 2.33. The van der Waals surface area contributed by atoms with Crippen molar-refractivity contribution < 1.29 is 14.4 Å². The largest absolute Gasteiger partial charge is 0.354 e. The molecule has 132 valence electrons. The van der Waals surface area contributed by atoms with Crippen LogP contribution < -0.4 is 5.32 Å². The molecule has 1 heterocycles. The van der Waals surface area contributed by atoms with Crippen molar-refractivity contribution in [3.63, 3.8) is 0 Å². The molecule has 3 rings (SSSR count). The Kier molecular flexibility index (Phi) is 5.86. The lowest BCUT2D eigenvalue weighted by Gasteiger charge is -2.12. The summed E-state index contributed by atoms with van der Waals surface area (Å²) >= 11 is 0.858. The van der Waals surface area contributed by atoms with E-state index in [0.29, 0.717) is 17.9 Å². The minimum atomic E-state index is -0.429. The third-order valence-electron chi connectivity index (χ3n) is 3.85. The predicted octanol–water partition coefficient (Wildman–Crippen LogP) is 3.08. The summed E-state index contributed by atoms with van der Waals surface area (Å²) in [6, 6.07) is 19.1. The minimum Gasteiger partial charge on any atom is -0.354 e. The summed E-state index contributed by atoms with van der Waals surface area (Å²) in [6.45, 7) is 0.199. The van der Waals surface area contributed by atoms with Crippen LogP contribution in [0.25, 0.3) is 6.08 Å². The highest BCUT2D eigenvalue weighted by Gasteiger charge is 2.36. The summed E-state index contributed by atoms with van der Waals surface area (Å²) in [5.74, 6) is -0.772. The van der Waals surface area contributed by atoms with Gasteiger partial charge < -0.3 is 5.32 Å². The number of nitrogens with zero attached hydrogens (tertiary/aromatic N) is 1. The fourth-order valence-corrected chi connectivity index (χ4v) is 3.37. The zero-order chi connectivity index (χ0) is 18.4. The van der Waals surface area contributed by atoms with Crippen LogP contribution in [-0.4, -0.2) is 35.0 Å². The number of hydrogen-bond acceptors (Lipinski definition) is 4. The van der Waals surface area contributed by atoms with E-state index in [1.54, 1.807) is 6.08 Å². The molecule has 0 atom stereocenters. The molecule has 0 aliphatic carbocycles. The number of rotatable bonds is 6. The van der Waals surface area contributed by atoms with E-state index in [-0.39, 0.29) is 12.5 Å². The van der Waals surface area contributed by atoms with Gasteiger partial charge in [-0.15, -0.1) is 0 Å². The number of carbonyl (C=O) groups is 3. The van der Waals surface area contributed by atoms with Crippen LogP contribution in [0.3, 0.4) is 0 Å². The number of nitrogens with one attached hydrogen (secondary N) is 1. The van der Waals surface area contributed by atoms with E-state index >= 15 is 0 Å². The van der Waals surface area contributed by atoms with Crippen LogP contribution in [0.2, 0.25) is 0 Å². The van der Waals surface area contributed by atoms with Gasteiger partial charge >= 0.3 is 0 Å². The number of hydrogen-bond donors (Lipinski definition) is 1. The highest BCUT2D eigenvalue weighted by atomic mass is 32.2. The average molecular weight is 366 g/mol. The molecule has 1 saturated heterocycles. The summed E-state index contributed by atoms with van der Waals surface area (Å²) in [5.41, 5.74) is 1.95. The Hall–Kier alpha value is -2.86. The molecule has 0 unspecified atom stereocenters. The van der Waals surface area contributed by atoms with Crippen LogP contribution in [0.15, 0.2) is 65.6 Å². The van der Waals surface area contributed by atoms with E-state index in [1.165, 1.54) is 0 Å². The SMILES string of the molecule is O=C(CN1C(=O)S/C(=C/c2ccccc2)C1=O)NCCc1ccccc1. The summed E-state index contributed by atoms with van der Waals surface area (Å²) in [7, 11) is 0. The number of imide groups is 1. The molecule has 0 aromatic heterocycles. The van der Waals surface area contributed by atoms with Crippen molar-refractivity contribution in [1.29, 1.82) is 0 Å². The summed E-state index contributed by atoms with van der Waals surface area (Å²) in [6.07, 6.45) is 2.36. The van der Waals surface area contributed by atoms with Crippen molar-refractivity contribution >= 4 is 34.9 Å². The van der Waals surface area contributed by atoms with E-state index in [2.05, 4.69) is 5.32 Å². The maximum atomic E-state index is 12.4. The van der Waals surface area contributed by atoms with Crippen molar-refractivity contribution in [3.8, 4) is 0 Å². The lowest BCUT2D eigenvalue weighted by atomic mass is 10.1. The zero-order valence-electron chi connectivity index (χ0n) is 14.1. The molecule has 1 aliphatic rings. The molecule has 1 fully saturated rings. The van der Waals surface area contributed by atoms with Gasteiger partial charge in [-0.2, -0.15) is 0 Å². The van der Waals surface area contributed by atoms with Crippen molar-refractivity contribution in [2.45, 2.75) is 6.42 Å². The molecule has 0 saturated carbocycles. The number of thioether (sulfide) groups is 1. The molecular formula is C20H18N2O3S. The lowest BCUT2D eigenvalue weighted by molar-refractivity contribution is -0.129. The molecular weight excluding hydrogens is 348 g/mol. The first-order valence-electron chi connectivity index (χ1n) is 8.24. The van der Waals surface area contributed by atoms with Gasteiger partial charge in [0, 0.05) is 6.54 Å². The molecule has 2 aromatic carbocycles. The van der Waals surface area contributed by atoms with Crippen molar-refractivity contribution in [3.05, 3.63) is 76.7 Å². The minimum absolute atomic E-state index is 0.258. The molecule has 3 amide bonds. The molecule has 1 aliphatic heterocycles. The molecule has 2 aromatic rings. The Labute approximate surface area is 156 Å². The first-order valence-corrected chi connectivity index (χ1v) is 9.06. The molecule has 0 bridgehead atoms. The Balaban J connectivity index is 1.54. The highest BCUT2D eigenvalue weighted by Crippen LogP contribution is 2.31. The quantitative estimate of drug-likeness (QED) is 0.798. The van der Waals surface area contributed by atoms with Crippen LogP contribution in [0.5, 0.6) is 0 Å². The molecule has 1 N–H and O–H groups in total.